The minimum Gasteiger partial charge on any atom is -0.493 e. The standard InChI is InChI=1S/C22H29BrN2O4S/c1-22(2,25-30(4,5)27)21(26)24-13-12-16-8-11-19(20(14-16)28-3)29-15-17-6-9-18(23)10-7-17/h6-11,14H,4,12-13,15H2,1-3,5H3,(H,24,26)(H,25,27). The first-order valence-electron chi connectivity index (χ1n) is 9.44. The van der Waals surface area contributed by atoms with Crippen molar-refractivity contribution in [3.63, 3.8) is 0 Å². The first-order chi connectivity index (χ1) is 14.0. The molecule has 0 bridgehead atoms. The number of carbonyl (C=O) groups is 1. The van der Waals surface area contributed by atoms with Crippen molar-refractivity contribution in [3.05, 3.63) is 58.1 Å². The molecule has 0 saturated heterocycles. The van der Waals surface area contributed by atoms with Crippen molar-refractivity contribution in [1.29, 1.82) is 0 Å². The smallest absolute Gasteiger partial charge is 0.240 e. The van der Waals surface area contributed by atoms with Crippen LogP contribution in [0.3, 0.4) is 0 Å². The molecule has 1 atom stereocenters. The van der Waals surface area contributed by atoms with Crippen molar-refractivity contribution >= 4 is 37.4 Å². The highest BCUT2D eigenvalue weighted by Crippen LogP contribution is 2.29. The number of benzene rings is 2. The highest BCUT2D eigenvalue weighted by Gasteiger charge is 2.28. The lowest BCUT2D eigenvalue weighted by molar-refractivity contribution is -0.125. The van der Waals surface area contributed by atoms with E-state index in [1.54, 1.807) is 21.0 Å². The summed E-state index contributed by atoms with van der Waals surface area (Å²) in [7, 11) is -0.889. The van der Waals surface area contributed by atoms with Crippen molar-refractivity contribution in [2.75, 3.05) is 19.9 Å². The van der Waals surface area contributed by atoms with Crippen LogP contribution in [0.25, 0.3) is 0 Å². The second kappa shape index (κ2) is 10.3. The van der Waals surface area contributed by atoms with Gasteiger partial charge in [0.25, 0.3) is 0 Å². The fraction of sp³-hybridized carbons (Fsp3) is 0.364. The molecular weight excluding hydrogens is 468 g/mol. The Bertz CT molecular complexity index is 973. The van der Waals surface area contributed by atoms with Gasteiger partial charge in [0.15, 0.2) is 11.5 Å². The van der Waals surface area contributed by atoms with Gasteiger partial charge in [0.2, 0.25) is 5.91 Å². The zero-order valence-electron chi connectivity index (χ0n) is 17.8. The topological polar surface area (TPSA) is 76.7 Å². The van der Waals surface area contributed by atoms with Crippen molar-refractivity contribution in [2.45, 2.75) is 32.4 Å². The van der Waals surface area contributed by atoms with Crippen molar-refractivity contribution in [1.82, 2.24) is 10.0 Å². The van der Waals surface area contributed by atoms with Gasteiger partial charge in [-0.3, -0.25) is 9.00 Å². The Morgan fingerprint density at radius 2 is 1.77 bits per heavy atom. The van der Waals surface area contributed by atoms with E-state index in [9.17, 15) is 9.00 Å². The SMILES string of the molecule is C=S(C)(=O)NC(C)(C)C(=O)NCCc1ccc(OCc2ccc(Br)cc2)c(OC)c1. The molecule has 2 aromatic carbocycles. The predicted molar refractivity (Wildman–Crippen MR) is 127 cm³/mol. The van der Waals surface area contributed by atoms with E-state index in [-0.39, 0.29) is 5.91 Å². The van der Waals surface area contributed by atoms with Gasteiger partial charge >= 0.3 is 0 Å². The number of nitrogens with one attached hydrogen (secondary N) is 2. The van der Waals surface area contributed by atoms with Gasteiger partial charge in [-0.15, -0.1) is 0 Å². The molecule has 1 unspecified atom stereocenters. The Morgan fingerprint density at radius 3 is 2.37 bits per heavy atom. The summed E-state index contributed by atoms with van der Waals surface area (Å²) in [6.45, 7) is 4.23. The maximum absolute atomic E-state index is 12.4. The Balaban J connectivity index is 1.92. The monoisotopic (exact) mass is 496 g/mol. The summed E-state index contributed by atoms with van der Waals surface area (Å²) in [5.74, 6) is 4.60. The van der Waals surface area contributed by atoms with Crippen LogP contribution in [0, 0.1) is 0 Å². The van der Waals surface area contributed by atoms with E-state index < -0.39 is 15.2 Å². The van der Waals surface area contributed by atoms with E-state index in [1.807, 2.05) is 42.5 Å². The second-order valence-electron chi connectivity index (χ2n) is 7.64. The van der Waals surface area contributed by atoms with Crippen LogP contribution in [0.1, 0.15) is 25.0 Å². The molecule has 8 heteroatoms. The number of ether oxygens (including phenoxy) is 2. The maximum atomic E-state index is 12.4. The van der Waals surface area contributed by atoms with Gasteiger partial charge in [-0.25, -0.2) is 4.72 Å². The third kappa shape index (κ3) is 7.66. The lowest BCUT2D eigenvalue weighted by Crippen LogP contribution is -2.54. The minimum atomic E-state index is -2.49. The zero-order chi connectivity index (χ0) is 22.4. The molecule has 0 aromatic heterocycles. The van der Waals surface area contributed by atoms with Crippen LogP contribution >= 0.6 is 15.9 Å². The molecule has 164 valence electrons. The summed E-state index contributed by atoms with van der Waals surface area (Å²) in [6, 6.07) is 13.7. The number of amides is 1. The molecule has 2 aromatic rings. The summed E-state index contributed by atoms with van der Waals surface area (Å²) in [5.41, 5.74) is 1.09. The maximum Gasteiger partial charge on any atom is 0.240 e. The van der Waals surface area contributed by atoms with Gasteiger partial charge < -0.3 is 14.8 Å². The molecule has 0 spiro atoms. The third-order valence-corrected chi connectivity index (χ3v) is 5.74. The van der Waals surface area contributed by atoms with Gasteiger partial charge in [0.05, 0.1) is 7.11 Å². The first kappa shape index (κ1) is 24.2. The van der Waals surface area contributed by atoms with E-state index >= 15 is 0 Å². The fourth-order valence-electron chi connectivity index (χ4n) is 2.86. The average molecular weight is 497 g/mol. The molecule has 0 saturated carbocycles. The van der Waals surface area contributed by atoms with Crippen molar-refractivity contribution in [3.8, 4) is 11.5 Å². The summed E-state index contributed by atoms with van der Waals surface area (Å²) in [4.78, 5) is 12.4. The minimum absolute atomic E-state index is 0.234. The average Bonchev–Trinajstić information content (AvgIpc) is 2.66. The molecule has 0 radical (unpaired) electrons. The van der Waals surface area contributed by atoms with Crippen LogP contribution in [-0.2, 0) is 27.5 Å². The lowest BCUT2D eigenvalue weighted by atomic mass is 10.1. The van der Waals surface area contributed by atoms with Gasteiger partial charge in [0, 0.05) is 27.0 Å². The van der Waals surface area contributed by atoms with Crippen LogP contribution in [0.5, 0.6) is 11.5 Å². The fourth-order valence-corrected chi connectivity index (χ4v) is 4.29. The molecule has 2 N–H and O–H groups in total. The Hall–Kier alpha value is -2.03. The molecule has 0 aliphatic heterocycles. The molecular formula is C22H29BrN2O4S. The van der Waals surface area contributed by atoms with Crippen LogP contribution in [0.2, 0.25) is 0 Å². The van der Waals surface area contributed by atoms with Gasteiger partial charge in [-0.05, 0) is 61.5 Å². The normalized spacial score (nSPS) is 13.4. The predicted octanol–water partition coefficient (Wildman–Crippen LogP) is 3.32. The molecule has 6 nitrogen and oxygen atoms in total. The van der Waals surface area contributed by atoms with Crippen LogP contribution < -0.4 is 19.5 Å². The quantitative estimate of drug-likeness (QED) is 0.494. The van der Waals surface area contributed by atoms with Crippen LogP contribution in [0.15, 0.2) is 46.9 Å². The summed E-state index contributed by atoms with van der Waals surface area (Å²) >= 11 is 3.42. The highest BCUT2D eigenvalue weighted by molar-refractivity contribution is 9.10. The van der Waals surface area contributed by atoms with Gasteiger partial charge in [0.1, 0.15) is 12.1 Å². The number of hydrogen-bond donors (Lipinski definition) is 2. The van der Waals surface area contributed by atoms with Crippen molar-refractivity contribution < 1.29 is 18.5 Å². The van der Waals surface area contributed by atoms with Crippen LogP contribution in [-0.4, -0.2) is 41.4 Å². The van der Waals surface area contributed by atoms with Gasteiger partial charge in [-0.2, -0.15) is 0 Å². The van der Waals surface area contributed by atoms with E-state index in [2.05, 4.69) is 31.8 Å². The number of hydrogen-bond acceptors (Lipinski definition) is 4. The third-order valence-electron chi connectivity index (χ3n) is 4.27. The first-order valence-corrected chi connectivity index (χ1v) is 12.4. The molecule has 1 amide bonds. The van der Waals surface area contributed by atoms with E-state index in [0.717, 1.165) is 15.6 Å². The Labute approximate surface area is 187 Å². The van der Waals surface area contributed by atoms with E-state index in [0.29, 0.717) is 31.1 Å². The molecule has 2 rings (SSSR count). The molecule has 0 fully saturated rings. The number of rotatable bonds is 10. The molecule has 0 aliphatic rings. The summed E-state index contributed by atoms with van der Waals surface area (Å²) in [5, 5.41) is 2.87. The lowest BCUT2D eigenvalue weighted by Gasteiger charge is -2.25. The molecule has 0 heterocycles. The Morgan fingerprint density at radius 1 is 1.13 bits per heavy atom. The summed E-state index contributed by atoms with van der Waals surface area (Å²) in [6.07, 6.45) is 2.09. The molecule has 0 aliphatic carbocycles. The van der Waals surface area contributed by atoms with E-state index in [4.69, 9.17) is 9.47 Å². The largest absolute Gasteiger partial charge is 0.493 e. The zero-order valence-corrected chi connectivity index (χ0v) is 20.2. The van der Waals surface area contributed by atoms with E-state index in [1.165, 1.54) is 6.26 Å². The summed E-state index contributed by atoms with van der Waals surface area (Å²) < 4.78 is 27.0. The van der Waals surface area contributed by atoms with Crippen molar-refractivity contribution in [2.24, 2.45) is 0 Å². The number of halogens is 1. The van der Waals surface area contributed by atoms with Gasteiger partial charge in [-0.1, -0.05) is 34.1 Å². The number of methoxy groups -OCH3 is 1. The molecule has 30 heavy (non-hydrogen) atoms. The highest BCUT2D eigenvalue weighted by atomic mass is 79.9. The Kier molecular flexibility index (Phi) is 8.34. The number of carbonyl (C=O) groups excluding carboxylic acids is 1. The van der Waals surface area contributed by atoms with Crippen LogP contribution in [0.4, 0.5) is 0 Å². The second-order valence-corrected chi connectivity index (χ2v) is 10.8.